The van der Waals surface area contributed by atoms with E-state index in [-0.39, 0.29) is 18.3 Å². The molecule has 0 saturated carbocycles. The van der Waals surface area contributed by atoms with Gasteiger partial charge in [0.2, 0.25) is 0 Å². The SMILES string of the molecule is CCOC(=O)C1(C)C(=O)C=C(c2ccccc2)CC1c1ccccc1. The molecule has 128 valence electrons. The van der Waals surface area contributed by atoms with E-state index in [4.69, 9.17) is 4.74 Å². The van der Waals surface area contributed by atoms with Gasteiger partial charge in [-0.25, -0.2) is 0 Å². The maximum absolute atomic E-state index is 13.0. The molecule has 0 radical (unpaired) electrons. The van der Waals surface area contributed by atoms with Crippen LogP contribution in [0.2, 0.25) is 0 Å². The van der Waals surface area contributed by atoms with Gasteiger partial charge in [-0.1, -0.05) is 60.7 Å². The second-order valence-corrected chi connectivity index (χ2v) is 6.49. The Kier molecular flexibility index (Phi) is 4.84. The van der Waals surface area contributed by atoms with Crippen molar-refractivity contribution in [2.75, 3.05) is 6.61 Å². The summed E-state index contributed by atoms with van der Waals surface area (Å²) in [6, 6.07) is 19.6. The number of ether oxygens (including phenoxy) is 1. The van der Waals surface area contributed by atoms with Gasteiger partial charge >= 0.3 is 5.97 Å². The second-order valence-electron chi connectivity index (χ2n) is 6.49. The average molecular weight is 334 g/mol. The summed E-state index contributed by atoms with van der Waals surface area (Å²) in [4.78, 5) is 25.7. The molecule has 3 heteroatoms. The van der Waals surface area contributed by atoms with Gasteiger partial charge in [0.1, 0.15) is 5.41 Å². The molecule has 2 aromatic carbocycles. The van der Waals surface area contributed by atoms with E-state index < -0.39 is 11.4 Å². The van der Waals surface area contributed by atoms with Gasteiger partial charge in [0, 0.05) is 5.92 Å². The van der Waals surface area contributed by atoms with Crippen molar-refractivity contribution in [3.8, 4) is 0 Å². The monoisotopic (exact) mass is 334 g/mol. The van der Waals surface area contributed by atoms with Crippen LogP contribution in [0.15, 0.2) is 66.7 Å². The smallest absolute Gasteiger partial charge is 0.320 e. The highest BCUT2D eigenvalue weighted by atomic mass is 16.5. The third kappa shape index (κ3) is 3.14. The molecule has 0 bridgehead atoms. The van der Waals surface area contributed by atoms with Crippen molar-refractivity contribution in [3.05, 3.63) is 77.9 Å². The van der Waals surface area contributed by atoms with Crippen LogP contribution in [0.4, 0.5) is 0 Å². The lowest BCUT2D eigenvalue weighted by Gasteiger charge is -2.37. The van der Waals surface area contributed by atoms with Gasteiger partial charge in [-0.3, -0.25) is 9.59 Å². The van der Waals surface area contributed by atoms with Crippen LogP contribution in [0.5, 0.6) is 0 Å². The zero-order valence-corrected chi connectivity index (χ0v) is 14.6. The molecule has 3 nitrogen and oxygen atoms in total. The highest BCUT2D eigenvalue weighted by molar-refractivity contribution is 6.14. The first-order chi connectivity index (χ1) is 12.1. The van der Waals surface area contributed by atoms with Crippen LogP contribution >= 0.6 is 0 Å². The summed E-state index contributed by atoms with van der Waals surface area (Å²) < 4.78 is 5.26. The Balaban J connectivity index is 2.09. The van der Waals surface area contributed by atoms with Gasteiger partial charge < -0.3 is 4.74 Å². The predicted octanol–water partition coefficient (Wildman–Crippen LogP) is 4.40. The molecule has 0 amide bonds. The molecule has 2 unspecified atom stereocenters. The number of carbonyl (C=O) groups excluding carboxylic acids is 2. The van der Waals surface area contributed by atoms with Gasteiger partial charge in [-0.2, -0.15) is 0 Å². The third-order valence-electron chi connectivity index (χ3n) is 4.98. The van der Waals surface area contributed by atoms with Crippen LogP contribution in [0.3, 0.4) is 0 Å². The summed E-state index contributed by atoms with van der Waals surface area (Å²) >= 11 is 0. The summed E-state index contributed by atoms with van der Waals surface area (Å²) in [6.45, 7) is 3.74. The number of benzene rings is 2. The fraction of sp³-hybridized carbons (Fsp3) is 0.273. The maximum atomic E-state index is 13.0. The fourth-order valence-corrected chi connectivity index (χ4v) is 3.48. The number of rotatable bonds is 4. The van der Waals surface area contributed by atoms with Crippen LogP contribution in [0.1, 0.15) is 37.3 Å². The Morgan fingerprint density at radius 2 is 1.68 bits per heavy atom. The molecule has 0 aromatic heterocycles. The Morgan fingerprint density at radius 3 is 2.28 bits per heavy atom. The molecular weight excluding hydrogens is 312 g/mol. The molecule has 2 aromatic rings. The van der Waals surface area contributed by atoms with Gasteiger partial charge in [0.05, 0.1) is 6.61 Å². The first-order valence-electron chi connectivity index (χ1n) is 8.60. The number of hydrogen-bond acceptors (Lipinski definition) is 3. The summed E-state index contributed by atoms with van der Waals surface area (Å²) in [5.74, 6) is -0.887. The summed E-state index contributed by atoms with van der Waals surface area (Å²) in [6.07, 6.45) is 2.24. The highest BCUT2D eigenvalue weighted by Crippen LogP contribution is 2.47. The lowest BCUT2D eigenvalue weighted by atomic mass is 9.64. The van der Waals surface area contributed by atoms with E-state index in [0.29, 0.717) is 6.42 Å². The lowest BCUT2D eigenvalue weighted by molar-refractivity contribution is -0.159. The molecule has 2 atom stereocenters. The standard InChI is InChI=1S/C22H22O3/c1-3-25-21(24)22(2)19(17-12-8-5-9-13-17)14-18(15-20(22)23)16-10-6-4-7-11-16/h4-13,15,19H,3,14H2,1-2H3. The van der Waals surface area contributed by atoms with E-state index >= 15 is 0 Å². The molecule has 0 fully saturated rings. The average Bonchev–Trinajstić information content (AvgIpc) is 2.65. The summed E-state index contributed by atoms with van der Waals surface area (Å²) in [5, 5.41) is 0. The number of hydrogen-bond donors (Lipinski definition) is 0. The largest absolute Gasteiger partial charge is 0.465 e. The van der Waals surface area contributed by atoms with E-state index in [2.05, 4.69) is 0 Å². The van der Waals surface area contributed by atoms with Crippen molar-refractivity contribution in [1.29, 1.82) is 0 Å². The molecule has 0 spiro atoms. The Morgan fingerprint density at radius 1 is 1.08 bits per heavy atom. The quantitative estimate of drug-likeness (QED) is 0.615. The van der Waals surface area contributed by atoms with Crippen LogP contribution in [-0.2, 0) is 14.3 Å². The summed E-state index contributed by atoms with van der Waals surface area (Å²) in [7, 11) is 0. The van der Waals surface area contributed by atoms with Crippen molar-refractivity contribution in [2.45, 2.75) is 26.2 Å². The normalized spacial score (nSPS) is 23.0. The Labute approximate surface area is 148 Å². The zero-order chi connectivity index (χ0) is 17.9. The Bertz CT molecular complexity index is 793. The van der Waals surface area contributed by atoms with Crippen LogP contribution < -0.4 is 0 Å². The molecule has 1 aliphatic carbocycles. The molecule has 0 saturated heterocycles. The van der Waals surface area contributed by atoms with Crippen LogP contribution in [-0.4, -0.2) is 18.4 Å². The number of allylic oxidation sites excluding steroid dienone is 2. The third-order valence-corrected chi connectivity index (χ3v) is 4.98. The topological polar surface area (TPSA) is 43.4 Å². The Hall–Kier alpha value is -2.68. The predicted molar refractivity (Wildman–Crippen MR) is 98.0 cm³/mol. The van der Waals surface area contributed by atoms with E-state index in [1.165, 1.54) is 0 Å². The number of carbonyl (C=O) groups is 2. The van der Waals surface area contributed by atoms with Crippen molar-refractivity contribution in [2.24, 2.45) is 5.41 Å². The minimum atomic E-state index is -1.20. The highest BCUT2D eigenvalue weighted by Gasteiger charge is 2.51. The fourth-order valence-electron chi connectivity index (χ4n) is 3.48. The molecule has 3 rings (SSSR count). The van der Waals surface area contributed by atoms with Crippen molar-refractivity contribution < 1.29 is 14.3 Å². The van der Waals surface area contributed by atoms with Crippen molar-refractivity contribution in [3.63, 3.8) is 0 Å². The minimum absolute atomic E-state index is 0.190. The lowest BCUT2D eigenvalue weighted by Crippen LogP contribution is -2.44. The van der Waals surface area contributed by atoms with Crippen LogP contribution in [0, 0.1) is 5.41 Å². The van der Waals surface area contributed by atoms with Crippen molar-refractivity contribution >= 4 is 17.3 Å². The van der Waals surface area contributed by atoms with Gasteiger partial charge in [0.25, 0.3) is 0 Å². The molecule has 1 aliphatic rings. The van der Waals surface area contributed by atoms with E-state index in [0.717, 1.165) is 16.7 Å². The van der Waals surface area contributed by atoms with E-state index in [1.54, 1.807) is 19.9 Å². The summed E-state index contributed by atoms with van der Waals surface area (Å²) in [5.41, 5.74) is 1.76. The van der Waals surface area contributed by atoms with Crippen molar-refractivity contribution in [1.82, 2.24) is 0 Å². The number of esters is 1. The molecular formula is C22H22O3. The first-order valence-corrected chi connectivity index (χ1v) is 8.60. The molecule has 25 heavy (non-hydrogen) atoms. The zero-order valence-electron chi connectivity index (χ0n) is 14.6. The van der Waals surface area contributed by atoms with E-state index in [9.17, 15) is 9.59 Å². The van der Waals surface area contributed by atoms with Crippen LogP contribution in [0.25, 0.3) is 5.57 Å². The maximum Gasteiger partial charge on any atom is 0.320 e. The second kappa shape index (κ2) is 7.06. The van der Waals surface area contributed by atoms with Gasteiger partial charge in [-0.15, -0.1) is 0 Å². The molecule has 0 N–H and O–H groups in total. The molecule has 0 heterocycles. The minimum Gasteiger partial charge on any atom is -0.465 e. The first kappa shape index (κ1) is 17.2. The number of ketones is 1. The van der Waals surface area contributed by atoms with Gasteiger partial charge in [0.15, 0.2) is 5.78 Å². The van der Waals surface area contributed by atoms with E-state index in [1.807, 2.05) is 60.7 Å². The van der Waals surface area contributed by atoms with Gasteiger partial charge in [-0.05, 0) is 43.0 Å². The molecule has 0 aliphatic heterocycles.